The maximum absolute atomic E-state index is 11.7. The van der Waals surface area contributed by atoms with Crippen molar-refractivity contribution in [1.29, 1.82) is 0 Å². The van der Waals surface area contributed by atoms with Gasteiger partial charge in [0.15, 0.2) is 5.78 Å². The highest BCUT2D eigenvalue weighted by molar-refractivity contribution is 8.22. The molecule has 0 aliphatic heterocycles. The number of allylic oxidation sites excluding steroid dienone is 1. The van der Waals surface area contributed by atoms with Crippen molar-refractivity contribution in [2.45, 2.75) is 0 Å². The summed E-state index contributed by atoms with van der Waals surface area (Å²) in [6.07, 6.45) is 5.12. The van der Waals surface area contributed by atoms with Gasteiger partial charge >= 0.3 is 0 Å². The number of thioether (sulfide) groups is 1. The average Bonchev–Trinajstić information content (AvgIpc) is 2.35. The molecule has 0 N–H and O–H groups in total. The summed E-state index contributed by atoms with van der Waals surface area (Å²) in [4.78, 5) is 13.4. The zero-order valence-corrected chi connectivity index (χ0v) is 10.8. The summed E-state index contributed by atoms with van der Waals surface area (Å²) < 4.78 is 0.733. The molecule has 4 heteroatoms. The van der Waals surface area contributed by atoms with E-state index in [9.17, 15) is 4.79 Å². The third-order valence-corrected chi connectivity index (χ3v) is 3.40. The minimum atomic E-state index is -0.0173. The van der Waals surface area contributed by atoms with Crippen molar-refractivity contribution in [1.82, 2.24) is 4.90 Å². The topological polar surface area (TPSA) is 20.3 Å². The summed E-state index contributed by atoms with van der Waals surface area (Å²) in [5, 5.41) is 0. The predicted molar refractivity (Wildman–Crippen MR) is 73.8 cm³/mol. The van der Waals surface area contributed by atoms with Gasteiger partial charge in [-0.15, -0.1) is 11.8 Å². The monoisotopic (exact) mass is 251 g/mol. The Morgan fingerprint density at radius 1 is 1.38 bits per heavy atom. The largest absolute Gasteiger partial charge is 0.337 e. The molecule has 0 spiro atoms. The van der Waals surface area contributed by atoms with Crippen LogP contribution in [0.3, 0.4) is 0 Å². The highest BCUT2D eigenvalue weighted by Crippen LogP contribution is 2.05. The van der Waals surface area contributed by atoms with Gasteiger partial charge in [-0.1, -0.05) is 42.5 Å². The van der Waals surface area contributed by atoms with E-state index in [-0.39, 0.29) is 5.78 Å². The fourth-order valence-corrected chi connectivity index (χ4v) is 1.49. The molecule has 0 saturated carbocycles. The Labute approximate surface area is 105 Å². The molecule has 0 aliphatic carbocycles. The molecule has 0 aliphatic rings. The van der Waals surface area contributed by atoms with Gasteiger partial charge in [0.2, 0.25) is 0 Å². The van der Waals surface area contributed by atoms with E-state index >= 15 is 0 Å². The Kier molecular flexibility index (Phi) is 5.22. The van der Waals surface area contributed by atoms with Crippen molar-refractivity contribution in [3.8, 4) is 0 Å². The first-order valence-electron chi connectivity index (χ1n) is 4.73. The Morgan fingerprint density at radius 2 is 2.00 bits per heavy atom. The first-order valence-corrected chi connectivity index (χ1v) is 6.37. The summed E-state index contributed by atoms with van der Waals surface area (Å²) in [5.74, 6) is -0.0173. The van der Waals surface area contributed by atoms with Crippen molar-refractivity contribution >= 4 is 34.1 Å². The quantitative estimate of drug-likeness (QED) is 0.467. The molecular weight excluding hydrogens is 238 g/mol. The van der Waals surface area contributed by atoms with E-state index in [2.05, 4.69) is 0 Å². The molecule has 16 heavy (non-hydrogen) atoms. The van der Waals surface area contributed by atoms with E-state index in [1.165, 1.54) is 17.8 Å². The number of ketones is 1. The SMILES string of the molecule is CSC(=S)N(C)C=CC(=O)c1ccccc1. The van der Waals surface area contributed by atoms with Crippen molar-refractivity contribution in [3.63, 3.8) is 0 Å². The molecule has 1 rings (SSSR count). The van der Waals surface area contributed by atoms with E-state index in [0.29, 0.717) is 5.56 Å². The summed E-state index contributed by atoms with van der Waals surface area (Å²) in [7, 11) is 1.83. The lowest BCUT2D eigenvalue weighted by Gasteiger charge is -2.11. The van der Waals surface area contributed by atoms with E-state index in [1.54, 1.807) is 23.2 Å². The molecule has 1 aromatic rings. The van der Waals surface area contributed by atoms with Crippen LogP contribution in [0.1, 0.15) is 10.4 Å². The number of benzene rings is 1. The first-order chi connectivity index (χ1) is 7.65. The number of hydrogen-bond acceptors (Lipinski definition) is 3. The van der Waals surface area contributed by atoms with Gasteiger partial charge in [-0.2, -0.15) is 0 Å². The molecule has 0 amide bonds. The molecule has 0 saturated heterocycles. The van der Waals surface area contributed by atoms with Gasteiger partial charge in [0, 0.05) is 24.9 Å². The lowest BCUT2D eigenvalue weighted by atomic mass is 10.1. The van der Waals surface area contributed by atoms with Crippen molar-refractivity contribution in [2.75, 3.05) is 13.3 Å². The van der Waals surface area contributed by atoms with Gasteiger partial charge in [0.25, 0.3) is 0 Å². The zero-order chi connectivity index (χ0) is 12.0. The number of nitrogens with zero attached hydrogens (tertiary/aromatic N) is 1. The highest BCUT2D eigenvalue weighted by Gasteiger charge is 2.01. The molecule has 2 nitrogen and oxygen atoms in total. The van der Waals surface area contributed by atoms with E-state index in [0.717, 1.165) is 4.32 Å². The van der Waals surface area contributed by atoms with Crippen molar-refractivity contribution < 1.29 is 4.79 Å². The standard InChI is InChI=1S/C12H13NOS2/c1-13(12(15)16-2)9-8-11(14)10-6-4-3-5-7-10/h3-9H,1-2H3. The van der Waals surface area contributed by atoms with Crippen molar-refractivity contribution in [2.24, 2.45) is 0 Å². The third-order valence-electron chi connectivity index (χ3n) is 1.97. The summed E-state index contributed by atoms with van der Waals surface area (Å²) in [6, 6.07) is 9.16. The normalized spacial score (nSPS) is 10.4. The molecule has 0 radical (unpaired) electrons. The smallest absolute Gasteiger partial charge is 0.187 e. The molecule has 84 valence electrons. The second-order valence-corrected chi connectivity index (χ2v) is 4.57. The molecule has 0 unspecified atom stereocenters. The molecule has 0 aromatic heterocycles. The van der Waals surface area contributed by atoms with Gasteiger partial charge in [-0.25, -0.2) is 0 Å². The molecule has 1 aromatic carbocycles. The number of thiocarbonyl (C=S) groups is 1. The number of hydrogen-bond donors (Lipinski definition) is 0. The van der Waals surface area contributed by atoms with Crippen LogP contribution in [0.4, 0.5) is 0 Å². The molecule has 0 heterocycles. The van der Waals surface area contributed by atoms with Crippen LogP contribution in [0, 0.1) is 0 Å². The zero-order valence-electron chi connectivity index (χ0n) is 9.21. The number of rotatable bonds is 3. The van der Waals surface area contributed by atoms with Gasteiger partial charge in [-0.05, 0) is 6.26 Å². The van der Waals surface area contributed by atoms with Crippen LogP contribution < -0.4 is 0 Å². The van der Waals surface area contributed by atoms with Crippen molar-refractivity contribution in [3.05, 3.63) is 48.2 Å². The Hall–Kier alpha value is -1.13. The predicted octanol–water partition coefficient (Wildman–Crippen LogP) is 2.96. The fourth-order valence-electron chi connectivity index (χ4n) is 1.08. The lowest BCUT2D eigenvalue weighted by Crippen LogP contribution is -2.15. The summed E-state index contributed by atoms with van der Waals surface area (Å²) in [6.45, 7) is 0. The molecule has 0 bridgehead atoms. The van der Waals surface area contributed by atoms with Crippen LogP contribution in [0.2, 0.25) is 0 Å². The fraction of sp³-hybridized carbons (Fsp3) is 0.167. The van der Waals surface area contributed by atoms with Gasteiger partial charge in [0.1, 0.15) is 4.32 Å². The van der Waals surface area contributed by atoms with Crippen LogP contribution >= 0.6 is 24.0 Å². The van der Waals surface area contributed by atoms with Gasteiger partial charge in [0.05, 0.1) is 0 Å². The lowest BCUT2D eigenvalue weighted by molar-refractivity contribution is 0.104. The van der Waals surface area contributed by atoms with Gasteiger partial charge < -0.3 is 4.90 Å². The minimum Gasteiger partial charge on any atom is -0.337 e. The molecule has 0 atom stereocenters. The second-order valence-electron chi connectivity index (χ2n) is 3.13. The second kappa shape index (κ2) is 6.45. The minimum absolute atomic E-state index is 0.0173. The summed E-state index contributed by atoms with van der Waals surface area (Å²) in [5.41, 5.74) is 0.683. The molecular formula is C12H13NOS2. The van der Waals surface area contributed by atoms with E-state index in [1.807, 2.05) is 31.5 Å². The van der Waals surface area contributed by atoms with Crippen LogP contribution in [-0.2, 0) is 0 Å². The Balaban J connectivity index is 2.65. The van der Waals surface area contributed by atoms with Crippen LogP contribution in [0.5, 0.6) is 0 Å². The number of carbonyl (C=O) groups is 1. The van der Waals surface area contributed by atoms with E-state index in [4.69, 9.17) is 12.2 Å². The Bertz CT molecular complexity index is 401. The maximum Gasteiger partial charge on any atom is 0.187 e. The third kappa shape index (κ3) is 3.79. The molecule has 0 fully saturated rings. The van der Waals surface area contributed by atoms with Crippen LogP contribution in [-0.4, -0.2) is 28.3 Å². The van der Waals surface area contributed by atoms with E-state index < -0.39 is 0 Å². The highest BCUT2D eigenvalue weighted by atomic mass is 32.2. The first kappa shape index (κ1) is 12.9. The summed E-state index contributed by atoms with van der Waals surface area (Å²) >= 11 is 6.55. The van der Waals surface area contributed by atoms with Gasteiger partial charge in [-0.3, -0.25) is 4.79 Å². The number of carbonyl (C=O) groups excluding carboxylic acids is 1. The van der Waals surface area contributed by atoms with Crippen LogP contribution in [0.15, 0.2) is 42.6 Å². The Morgan fingerprint density at radius 3 is 2.56 bits per heavy atom. The maximum atomic E-state index is 11.7. The van der Waals surface area contributed by atoms with Crippen LogP contribution in [0.25, 0.3) is 0 Å². The average molecular weight is 251 g/mol.